The number of anilines is 1. The Kier molecular flexibility index (Phi) is 3.38. The lowest BCUT2D eigenvalue weighted by Crippen LogP contribution is -2.37. The predicted octanol–water partition coefficient (Wildman–Crippen LogP) is 1.98. The molecule has 2 rings (SSSR count). The summed E-state index contributed by atoms with van der Waals surface area (Å²) in [5, 5.41) is 11.3. The van der Waals surface area contributed by atoms with Crippen molar-refractivity contribution in [2.24, 2.45) is 5.41 Å². The molecule has 5 heteroatoms. The maximum absolute atomic E-state index is 5.69. The molecule has 5 nitrogen and oxygen atoms in total. The van der Waals surface area contributed by atoms with Crippen molar-refractivity contribution in [3.8, 4) is 0 Å². The van der Waals surface area contributed by atoms with Gasteiger partial charge in [-0.05, 0) is 32.2 Å². The van der Waals surface area contributed by atoms with Gasteiger partial charge in [0.15, 0.2) is 0 Å². The maximum atomic E-state index is 5.69. The Morgan fingerprint density at radius 2 is 1.94 bits per heavy atom. The van der Waals surface area contributed by atoms with Gasteiger partial charge in [0.25, 0.3) is 0 Å². The fourth-order valence-corrected chi connectivity index (χ4v) is 1.96. The van der Waals surface area contributed by atoms with Crippen LogP contribution in [0.3, 0.4) is 0 Å². The van der Waals surface area contributed by atoms with Gasteiger partial charge >= 0.3 is 6.01 Å². The molecule has 0 amide bonds. The largest absolute Gasteiger partial charge is 0.406 e. The van der Waals surface area contributed by atoms with Gasteiger partial charge in [-0.15, -0.1) is 5.10 Å². The lowest BCUT2D eigenvalue weighted by molar-refractivity contribution is 0.272. The van der Waals surface area contributed by atoms with E-state index in [1.165, 1.54) is 12.8 Å². The van der Waals surface area contributed by atoms with Gasteiger partial charge in [-0.25, -0.2) is 0 Å². The van der Waals surface area contributed by atoms with Crippen molar-refractivity contribution in [2.45, 2.75) is 39.7 Å². The van der Waals surface area contributed by atoms with Crippen LogP contribution in [0.5, 0.6) is 0 Å². The Hall–Kier alpha value is -1.10. The Morgan fingerprint density at radius 1 is 1.29 bits per heavy atom. The van der Waals surface area contributed by atoms with Crippen LogP contribution in [0.1, 0.15) is 45.5 Å². The molecule has 1 saturated heterocycles. The molecule has 1 aromatic rings. The highest BCUT2D eigenvalue weighted by atomic mass is 16.4. The molecular formula is C12H22N4O. The van der Waals surface area contributed by atoms with E-state index in [0.29, 0.717) is 17.3 Å². The molecule has 1 aliphatic rings. The van der Waals surface area contributed by atoms with Gasteiger partial charge < -0.3 is 14.6 Å². The van der Waals surface area contributed by atoms with Crippen molar-refractivity contribution in [1.29, 1.82) is 0 Å². The minimum Gasteiger partial charge on any atom is -0.406 e. The highest BCUT2D eigenvalue weighted by Gasteiger charge is 2.28. The van der Waals surface area contributed by atoms with E-state index in [4.69, 9.17) is 4.42 Å². The Labute approximate surface area is 103 Å². The molecule has 0 radical (unpaired) electrons. The highest BCUT2D eigenvalue weighted by molar-refractivity contribution is 5.25. The molecule has 1 aliphatic heterocycles. The third kappa shape index (κ3) is 2.77. The van der Waals surface area contributed by atoms with Crippen molar-refractivity contribution in [3.63, 3.8) is 0 Å². The van der Waals surface area contributed by atoms with Gasteiger partial charge in [0, 0.05) is 13.1 Å². The molecule has 1 fully saturated rings. The standard InChI is InChI=1S/C12H22N4O/c1-9(13-4)10-14-15-11(17-10)16-7-5-12(2,3)6-8-16/h9,13H,5-8H2,1-4H3. The molecular weight excluding hydrogens is 216 g/mol. The molecule has 1 N–H and O–H groups in total. The van der Waals surface area contributed by atoms with Crippen molar-refractivity contribution in [2.75, 3.05) is 25.0 Å². The van der Waals surface area contributed by atoms with Gasteiger partial charge in [-0.1, -0.05) is 18.9 Å². The predicted molar refractivity (Wildman–Crippen MR) is 67.0 cm³/mol. The van der Waals surface area contributed by atoms with E-state index >= 15 is 0 Å². The summed E-state index contributed by atoms with van der Waals surface area (Å²) in [5.74, 6) is 0.660. The average molecular weight is 238 g/mol. The molecule has 0 aliphatic carbocycles. The van der Waals surface area contributed by atoms with E-state index in [1.54, 1.807) is 0 Å². The Morgan fingerprint density at radius 3 is 2.53 bits per heavy atom. The molecule has 0 spiro atoms. The quantitative estimate of drug-likeness (QED) is 0.872. The monoisotopic (exact) mass is 238 g/mol. The van der Waals surface area contributed by atoms with Crippen LogP contribution >= 0.6 is 0 Å². The van der Waals surface area contributed by atoms with Crippen LogP contribution in [0.25, 0.3) is 0 Å². The lowest BCUT2D eigenvalue weighted by Gasteiger charge is -2.35. The number of piperidine rings is 1. The van der Waals surface area contributed by atoms with Crippen LogP contribution in [0.15, 0.2) is 4.42 Å². The molecule has 2 heterocycles. The Bertz CT molecular complexity index is 364. The van der Waals surface area contributed by atoms with Gasteiger partial charge in [-0.3, -0.25) is 0 Å². The summed E-state index contributed by atoms with van der Waals surface area (Å²) in [7, 11) is 1.89. The zero-order valence-electron chi connectivity index (χ0n) is 11.2. The summed E-state index contributed by atoms with van der Waals surface area (Å²) in [6.07, 6.45) is 2.35. The summed E-state index contributed by atoms with van der Waals surface area (Å²) < 4.78 is 5.69. The number of hydrogen-bond donors (Lipinski definition) is 1. The van der Waals surface area contributed by atoms with Crippen molar-refractivity contribution in [1.82, 2.24) is 15.5 Å². The highest BCUT2D eigenvalue weighted by Crippen LogP contribution is 2.31. The first kappa shape index (κ1) is 12.4. The van der Waals surface area contributed by atoms with Crippen LogP contribution in [-0.2, 0) is 0 Å². The van der Waals surface area contributed by atoms with E-state index < -0.39 is 0 Å². The number of nitrogens with zero attached hydrogens (tertiary/aromatic N) is 3. The third-order valence-corrected chi connectivity index (χ3v) is 3.62. The van der Waals surface area contributed by atoms with E-state index in [9.17, 15) is 0 Å². The number of rotatable bonds is 3. The molecule has 0 saturated carbocycles. The summed E-state index contributed by atoms with van der Waals surface area (Å²) >= 11 is 0. The minimum absolute atomic E-state index is 0.109. The second kappa shape index (κ2) is 4.64. The molecule has 0 aromatic carbocycles. The van der Waals surface area contributed by atoms with Gasteiger partial charge in [0.05, 0.1) is 6.04 Å². The Balaban J connectivity index is 2.01. The van der Waals surface area contributed by atoms with Gasteiger partial charge in [0.1, 0.15) is 0 Å². The van der Waals surface area contributed by atoms with Gasteiger partial charge in [-0.2, -0.15) is 0 Å². The van der Waals surface area contributed by atoms with Crippen molar-refractivity contribution < 1.29 is 4.42 Å². The number of aromatic nitrogens is 2. The first-order chi connectivity index (χ1) is 8.02. The van der Waals surface area contributed by atoms with E-state index in [-0.39, 0.29) is 6.04 Å². The zero-order valence-corrected chi connectivity index (χ0v) is 11.2. The van der Waals surface area contributed by atoms with Crippen LogP contribution in [0, 0.1) is 5.41 Å². The molecule has 1 aromatic heterocycles. The smallest absolute Gasteiger partial charge is 0.318 e. The fourth-order valence-electron chi connectivity index (χ4n) is 1.96. The first-order valence-electron chi connectivity index (χ1n) is 6.27. The molecule has 1 unspecified atom stereocenters. The first-order valence-corrected chi connectivity index (χ1v) is 6.27. The number of hydrogen-bond acceptors (Lipinski definition) is 5. The topological polar surface area (TPSA) is 54.2 Å². The van der Waals surface area contributed by atoms with Crippen LogP contribution in [-0.4, -0.2) is 30.3 Å². The molecule has 0 bridgehead atoms. The normalized spacial score (nSPS) is 21.5. The lowest BCUT2D eigenvalue weighted by atomic mass is 9.83. The SMILES string of the molecule is CNC(C)c1nnc(N2CCC(C)(C)CC2)o1. The molecule has 1 atom stereocenters. The second-order valence-corrected chi connectivity index (χ2v) is 5.58. The van der Waals surface area contributed by atoms with Crippen LogP contribution in [0.4, 0.5) is 6.01 Å². The molecule has 96 valence electrons. The van der Waals surface area contributed by atoms with Crippen molar-refractivity contribution in [3.05, 3.63) is 5.89 Å². The average Bonchev–Trinajstić information content (AvgIpc) is 2.77. The summed E-state index contributed by atoms with van der Waals surface area (Å²) in [6, 6.07) is 0.773. The zero-order chi connectivity index (χ0) is 12.5. The summed E-state index contributed by atoms with van der Waals surface area (Å²) in [5.41, 5.74) is 0.442. The van der Waals surface area contributed by atoms with Gasteiger partial charge in [0.2, 0.25) is 5.89 Å². The maximum Gasteiger partial charge on any atom is 0.318 e. The van der Waals surface area contributed by atoms with Crippen LogP contribution < -0.4 is 10.2 Å². The number of nitrogens with one attached hydrogen (secondary N) is 1. The third-order valence-electron chi connectivity index (χ3n) is 3.62. The summed E-state index contributed by atoms with van der Waals surface area (Å²) in [6.45, 7) is 8.64. The minimum atomic E-state index is 0.109. The van der Waals surface area contributed by atoms with Crippen LogP contribution in [0.2, 0.25) is 0 Å². The van der Waals surface area contributed by atoms with E-state index in [1.807, 2.05) is 14.0 Å². The fraction of sp³-hybridized carbons (Fsp3) is 0.833. The van der Waals surface area contributed by atoms with E-state index in [2.05, 4.69) is 34.3 Å². The second-order valence-electron chi connectivity index (χ2n) is 5.58. The molecule has 17 heavy (non-hydrogen) atoms. The van der Waals surface area contributed by atoms with E-state index in [0.717, 1.165) is 13.1 Å². The summed E-state index contributed by atoms with van der Waals surface area (Å²) in [4.78, 5) is 2.18. The van der Waals surface area contributed by atoms with Crippen molar-refractivity contribution >= 4 is 6.01 Å².